The Morgan fingerprint density at radius 2 is 1.96 bits per heavy atom. The van der Waals surface area contributed by atoms with Crippen molar-refractivity contribution in [3.05, 3.63) is 76.9 Å². The Balaban J connectivity index is 1.57. The van der Waals surface area contributed by atoms with Crippen LogP contribution in [0.15, 0.2) is 59.9 Å². The van der Waals surface area contributed by atoms with Gasteiger partial charge in [-0.1, -0.05) is 30.3 Å². The molecule has 0 aliphatic heterocycles. The van der Waals surface area contributed by atoms with E-state index < -0.39 is 0 Å². The summed E-state index contributed by atoms with van der Waals surface area (Å²) in [7, 11) is 0. The molecule has 0 spiro atoms. The van der Waals surface area contributed by atoms with Crippen LogP contribution in [0.1, 0.15) is 11.4 Å². The number of hydrogen-bond acceptors (Lipinski definition) is 6. The molecule has 0 saturated carbocycles. The van der Waals surface area contributed by atoms with E-state index >= 15 is 0 Å². The summed E-state index contributed by atoms with van der Waals surface area (Å²) in [5.74, 6) is 0.634. The predicted octanol–water partition coefficient (Wildman–Crippen LogP) is 1.07. The minimum atomic E-state index is -0.157. The molecule has 0 fully saturated rings. The van der Waals surface area contributed by atoms with Crippen molar-refractivity contribution in [3.8, 4) is 0 Å². The Labute approximate surface area is 142 Å². The van der Waals surface area contributed by atoms with Gasteiger partial charge in [0.1, 0.15) is 6.33 Å². The molecule has 8 heteroatoms. The first kappa shape index (κ1) is 15.1. The molecule has 4 rings (SSSR count). The molecule has 0 saturated heterocycles. The van der Waals surface area contributed by atoms with E-state index in [4.69, 9.17) is 0 Å². The molecule has 8 nitrogen and oxygen atoms in total. The Morgan fingerprint density at radius 1 is 1.08 bits per heavy atom. The monoisotopic (exact) mass is 333 g/mol. The molecule has 0 atom stereocenters. The predicted molar refractivity (Wildman–Crippen MR) is 90.9 cm³/mol. The number of rotatable bonds is 5. The normalized spacial score (nSPS) is 11.0. The third-order valence-corrected chi connectivity index (χ3v) is 4.02. The van der Waals surface area contributed by atoms with Gasteiger partial charge < -0.3 is 4.57 Å². The quantitative estimate of drug-likeness (QED) is 0.542. The fourth-order valence-corrected chi connectivity index (χ4v) is 2.69. The van der Waals surface area contributed by atoms with Crippen LogP contribution < -0.4 is 5.56 Å². The average molecular weight is 333 g/mol. The number of aryl methyl sites for hydroxylation is 2. The summed E-state index contributed by atoms with van der Waals surface area (Å²) in [5, 5.41) is 12.3. The van der Waals surface area contributed by atoms with Crippen molar-refractivity contribution in [3.63, 3.8) is 0 Å². The molecule has 0 unspecified atom stereocenters. The van der Waals surface area contributed by atoms with Gasteiger partial charge in [0.2, 0.25) is 0 Å². The molecule has 0 amide bonds. The van der Waals surface area contributed by atoms with Crippen molar-refractivity contribution < 1.29 is 0 Å². The van der Waals surface area contributed by atoms with E-state index in [1.165, 1.54) is 18.1 Å². The number of pyridine rings is 1. The third-order valence-electron chi connectivity index (χ3n) is 4.02. The lowest BCUT2D eigenvalue weighted by molar-refractivity contribution is 0.549. The van der Waals surface area contributed by atoms with Crippen molar-refractivity contribution in [2.75, 3.05) is 0 Å². The number of aromatic nitrogens is 7. The summed E-state index contributed by atoms with van der Waals surface area (Å²) in [6.45, 7) is 0.948. The molecule has 124 valence electrons. The van der Waals surface area contributed by atoms with Crippen molar-refractivity contribution in [1.29, 1.82) is 0 Å². The highest BCUT2D eigenvalue weighted by Gasteiger charge is 2.10. The first-order valence-corrected chi connectivity index (χ1v) is 7.89. The van der Waals surface area contributed by atoms with Crippen molar-refractivity contribution in [1.82, 2.24) is 34.7 Å². The van der Waals surface area contributed by atoms with Gasteiger partial charge in [0.25, 0.3) is 5.56 Å². The molecule has 0 aliphatic rings. The fourth-order valence-electron chi connectivity index (χ4n) is 2.69. The molecule has 4 aromatic rings. The van der Waals surface area contributed by atoms with Gasteiger partial charge >= 0.3 is 0 Å². The van der Waals surface area contributed by atoms with Crippen LogP contribution in [0, 0.1) is 0 Å². The zero-order valence-corrected chi connectivity index (χ0v) is 13.4. The highest BCUT2D eigenvalue weighted by Crippen LogP contribution is 2.06. The molecule has 0 radical (unpaired) electrons. The molecule has 0 bridgehead atoms. The van der Waals surface area contributed by atoms with E-state index in [0.717, 1.165) is 6.42 Å². The fraction of sp³-hybridized carbons (Fsp3) is 0.176. The molecule has 3 aromatic heterocycles. The van der Waals surface area contributed by atoms with Crippen LogP contribution in [0.25, 0.3) is 10.9 Å². The highest BCUT2D eigenvalue weighted by atomic mass is 16.1. The Morgan fingerprint density at radius 3 is 2.84 bits per heavy atom. The summed E-state index contributed by atoms with van der Waals surface area (Å²) in [6.07, 6.45) is 5.48. The van der Waals surface area contributed by atoms with Gasteiger partial charge in [0, 0.05) is 18.9 Å². The van der Waals surface area contributed by atoms with E-state index in [1.807, 2.05) is 18.2 Å². The zero-order valence-electron chi connectivity index (χ0n) is 13.4. The minimum absolute atomic E-state index is 0.157. The smallest absolute Gasteiger partial charge is 0.261 e. The second-order valence-electron chi connectivity index (χ2n) is 5.62. The Kier molecular flexibility index (Phi) is 3.99. The van der Waals surface area contributed by atoms with Crippen molar-refractivity contribution >= 4 is 10.9 Å². The van der Waals surface area contributed by atoms with Crippen LogP contribution in [-0.2, 0) is 19.5 Å². The lowest BCUT2D eigenvalue weighted by Crippen LogP contribution is -2.22. The van der Waals surface area contributed by atoms with Gasteiger partial charge in [-0.15, -0.1) is 5.10 Å². The van der Waals surface area contributed by atoms with E-state index in [-0.39, 0.29) is 5.56 Å². The first-order valence-electron chi connectivity index (χ1n) is 7.89. The second-order valence-corrected chi connectivity index (χ2v) is 5.62. The molecule has 0 N–H and O–H groups in total. The van der Waals surface area contributed by atoms with Gasteiger partial charge in [0.15, 0.2) is 5.82 Å². The van der Waals surface area contributed by atoms with Gasteiger partial charge in [-0.2, -0.15) is 0 Å². The van der Waals surface area contributed by atoms with Crippen molar-refractivity contribution in [2.24, 2.45) is 0 Å². The molecule has 1 aromatic carbocycles. The summed E-state index contributed by atoms with van der Waals surface area (Å²) in [5.41, 5.74) is 1.68. The lowest BCUT2D eigenvalue weighted by Gasteiger charge is -2.08. The largest absolute Gasteiger partial charge is 0.307 e. The van der Waals surface area contributed by atoms with E-state index in [2.05, 4.69) is 37.6 Å². The molecule has 0 aliphatic carbocycles. The third kappa shape index (κ3) is 3.14. The Bertz CT molecular complexity index is 1060. The van der Waals surface area contributed by atoms with Gasteiger partial charge in [-0.3, -0.25) is 4.79 Å². The number of nitrogens with zero attached hydrogens (tertiary/aromatic N) is 7. The molecular formula is C17H15N7O. The van der Waals surface area contributed by atoms with Gasteiger partial charge in [-0.25, -0.2) is 14.6 Å². The van der Waals surface area contributed by atoms with Crippen LogP contribution in [0.5, 0.6) is 0 Å². The van der Waals surface area contributed by atoms with Crippen LogP contribution in [-0.4, -0.2) is 34.7 Å². The Hall–Kier alpha value is -3.42. The maximum absolute atomic E-state index is 12.6. The molecule has 3 heterocycles. The number of benzene rings is 1. The van der Waals surface area contributed by atoms with Crippen LogP contribution in [0.3, 0.4) is 0 Å². The van der Waals surface area contributed by atoms with Crippen LogP contribution >= 0.6 is 0 Å². The number of tetrazole rings is 1. The lowest BCUT2D eigenvalue weighted by atomic mass is 10.1. The van der Waals surface area contributed by atoms with Crippen LogP contribution in [0.4, 0.5) is 0 Å². The number of fused-ring (bicyclic) bond motifs is 1. The van der Waals surface area contributed by atoms with E-state index in [9.17, 15) is 4.79 Å². The summed E-state index contributed by atoms with van der Waals surface area (Å²) >= 11 is 0. The zero-order chi connectivity index (χ0) is 17.1. The van der Waals surface area contributed by atoms with Crippen molar-refractivity contribution in [2.45, 2.75) is 19.5 Å². The summed E-state index contributed by atoms with van der Waals surface area (Å²) in [6, 6.07) is 11.9. The highest BCUT2D eigenvalue weighted by molar-refractivity contribution is 5.75. The summed E-state index contributed by atoms with van der Waals surface area (Å²) in [4.78, 5) is 20.6. The molecule has 25 heavy (non-hydrogen) atoms. The first-order chi connectivity index (χ1) is 12.3. The van der Waals surface area contributed by atoms with E-state index in [0.29, 0.717) is 29.8 Å². The average Bonchev–Trinajstić information content (AvgIpc) is 3.10. The van der Waals surface area contributed by atoms with Crippen LogP contribution in [0.2, 0.25) is 0 Å². The maximum atomic E-state index is 12.6. The SMILES string of the molecule is O=c1c2cncnc2ccn1Cc1nnnn1CCc1ccccc1. The standard InChI is InChI=1S/C17H15N7O/c25-17-14-10-18-12-19-15(14)7-8-23(17)11-16-20-21-22-24(16)9-6-13-4-2-1-3-5-13/h1-5,7-8,10,12H,6,9,11H2. The summed E-state index contributed by atoms with van der Waals surface area (Å²) < 4.78 is 3.29. The van der Waals surface area contributed by atoms with E-state index in [1.54, 1.807) is 21.5 Å². The second kappa shape index (κ2) is 6.60. The molecular weight excluding hydrogens is 318 g/mol. The number of hydrogen-bond donors (Lipinski definition) is 0. The van der Waals surface area contributed by atoms with Gasteiger partial charge in [0.05, 0.1) is 17.4 Å². The van der Waals surface area contributed by atoms with Gasteiger partial charge in [-0.05, 0) is 28.5 Å². The minimum Gasteiger partial charge on any atom is -0.307 e. The topological polar surface area (TPSA) is 91.4 Å². The maximum Gasteiger partial charge on any atom is 0.261 e.